The van der Waals surface area contributed by atoms with Gasteiger partial charge in [-0.25, -0.2) is 18.2 Å². The van der Waals surface area contributed by atoms with E-state index in [2.05, 4.69) is 15.0 Å². The molecular weight excluding hydrogens is 538 g/mol. The minimum Gasteiger partial charge on any atom is -0.493 e. The van der Waals surface area contributed by atoms with Crippen molar-refractivity contribution in [3.8, 4) is 22.8 Å². The van der Waals surface area contributed by atoms with E-state index in [4.69, 9.17) is 14.2 Å². The molecule has 0 saturated carbocycles. The lowest BCUT2D eigenvalue weighted by Gasteiger charge is -2.08. The Balaban J connectivity index is 1.30. The molecule has 0 fully saturated rings. The van der Waals surface area contributed by atoms with Gasteiger partial charge in [-0.05, 0) is 53.9 Å². The fraction of sp³-hybridized carbons (Fsp3) is 0.125. The Morgan fingerprint density at radius 2 is 1.73 bits per heavy atom. The van der Waals surface area contributed by atoms with Gasteiger partial charge in [-0.1, -0.05) is 6.07 Å². The molecule has 0 aliphatic heterocycles. The summed E-state index contributed by atoms with van der Waals surface area (Å²) in [6, 6.07) is 14.2. The van der Waals surface area contributed by atoms with Gasteiger partial charge in [-0.15, -0.1) is 22.7 Å². The highest BCUT2D eigenvalue weighted by atomic mass is 32.2. The van der Waals surface area contributed by atoms with Crippen molar-refractivity contribution in [1.29, 1.82) is 0 Å². The molecule has 4 rings (SSSR count). The average Bonchev–Trinajstić information content (AvgIpc) is 3.60. The second-order valence-electron chi connectivity index (χ2n) is 7.35. The Morgan fingerprint density at radius 3 is 2.41 bits per heavy atom. The fourth-order valence-corrected chi connectivity index (χ4v) is 5.91. The predicted octanol–water partition coefficient (Wildman–Crippen LogP) is 4.49. The molecule has 4 aromatic rings. The van der Waals surface area contributed by atoms with Crippen LogP contribution in [0.4, 0.5) is 10.8 Å². The van der Waals surface area contributed by atoms with Gasteiger partial charge >= 0.3 is 5.97 Å². The third-order valence-electron chi connectivity index (χ3n) is 4.90. The van der Waals surface area contributed by atoms with E-state index in [1.807, 2.05) is 6.07 Å². The third-order valence-corrected chi connectivity index (χ3v) is 8.43. The van der Waals surface area contributed by atoms with Crippen LogP contribution in [0.5, 0.6) is 11.5 Å². The van der Waals surface area contributed by atoms with Crippen LogP contribution in [-0.2, 0) is 19.6 Å². The first kappa shape index (κ1) is 26.1. The second-order valence-corrected chi connectivity index (χ2v) is 11.1. The van der Waals surface area contributed by atoms with Gasteiger partial charge in [0.05, 0.1) is 25.5 Å². The highest BCUT2D eigenvalue weighted by Crippen LogP contribution is 2.33. The highest BCUT2D eigenvalue weighted by molar-refractivity contribution is 7.94. The quantitative estimate of drug-likeness (QED) is 0.272. The van der Waals surface area contributed by atoms with Crippen LogP contribution in [0.25, 0.3) is 11.3 Å². The zero-order chi connectivity index (χ0) is 26.4. The van der Waals surface area contributed by atoms with Gasteiger partial charge in [0.25, 0.3) is 15.9 Å². The summed E-state index contributed by atoms with van der Waals surface area (Å²) < 4.78 is 42.8. The van der Waals surface area contributed by atoms with Crippen LogP contribution in [0.3, 0.4) is 0 Å². The summed E-state index contributed by atoms with van der Waals surface area (Å²) in [7, 11) is -0.606. The molecule has 0 spiro atoms. The summed E-state index contributed by atoms with van der Waals surface area (Å²) in [4.78, 5) is 29.0. The molecule has 0 unspecified atom stereocenters. The van der Waals surface area contributed by atoms with Gasteiger partial charge in [0.1, 0.15) is 4.21 Å². The summed E-state index contributed by atoms with van der Waals surface area (Å²) in [5.74, 6) is -0.139. The molecule has 2 aromatic carbocycles. The van der Waals surface area contributed by atoms with Crippen molar-refractivity contribution in [2.45, 2.75) is 4.21 Å². The van der Waals surface area contributed by atoms with E-state index in [1.54, 1.807) is 36.1 Å². The fourth-order valence-electron chi connectivity index (χ4n) is 3.13. The van der Waals surface area contributed by atoms with Crippen molar-refractivity contribution in [2.75, 3.05) is 30.9 Å². The lowest BCUT2D eigenvalue weighted by atomic mass is 10.1. The molecule has 0 aliphatic rings. The number of thiazole rings is 1. The average molecular weight is 560 g/mol. The molecule has 10 nitrogen and oxygen atoms in total. The molecule has 2 N–H and O–H groups in total. The SMILES string of the molecule is COc1ccc(-c2csc(NC(=O)COC(=O)c3ccc(NS(=O)(=O)c4cccs4)cc3)n2)cc1OC. The number of anilines is 2. The number of esters is 1. The summed E-state index contributed by atoms with van der Waals surface area (Å²) in [6.45, 7) is -0.517. The Morgan fingerprint density at radius 1 is 0.973 bits per heavy atom. The number of carbonyl (C=O) groups is 2. The number of carbonyl (C=O) groups excluding carboxylic acids is 2. The van der Waals surface area contributed by atoms with Gasteiger partial charge in [0.15, 0.2) is 23.2 Å². The summed E-state index contributed by atoms with van der Waals surface area (Å²) in [5, 5.41) is 6.38. The monoisotopic (exact) mass is 559 g/mol. The first-order chi connectivity index (χ1) is 17.8. The minimum atomic E-state index is -3.69. The number of thiophene rings is 1. The number of hydrogen-bond acceptors (Lipinski definition) is 10. The second kappa shape index (κ2) is 11.4. The molecule has 13 heteroatoms. The van der Waals surface area contributed by atoms with Gasteiger partial charge in [0, 0.05) is 16.6 Å². The van der Waals surface area contributed by atoms with Crippen LogP contribution >= 0.6 is 22.7 Å². The summed E-state index contributed by atoms with van der Waals surface area (Å²) in [6.07, 6.45) is 0. The maximum Gasteiger partial charge on any atom is 0.338 e. The number of sulfonamides is 1. The highest BCUT2D eigenvalue weighted by Gasteiger charge is 2.17. The minimum absolute atomic E-state index is 0.164. The third kappa shape index (κ3) is 6.44. The van der Waals surface area contributed by atoms with E-state index in [1.165, 1.54) is 48.8 Å². The number of nitrogens with one attached hydrogen (secondary N) is 2. The van der Waals surface area contributed by atoms with E-state index >= 15 is 0 Å². The molecule has 2 aromatic heterocycles. The van der Waals surface area contributed by atoms with Gasteiger partial charge in [-0.3, -0.25) is 14.8 Å². The molecule has 2 heterocycles. The van der Waals surface area contributed by atoms with Crippen molar-refractivity contribution >= 4 is 55.4 Å². The van der Waals surface area contributed by atoms with Crippen molar-refractivity contribution in [2.24, 2.45) is 0 Å². The normalized spacial score (nSPS) is 11.0. The summed E-state index contributed by atoms with van der Waals surface area (Å²) in [5.41, 5.74) is 1.86. The summed E-state index contributed by atoms with van der Waals surface area (Å²) >= 11 is 2.31. The predicted molar refractivity (Wildman–Crippen MR) is 141 cm³/mol. The molecule has 0 saturated heterocycles. The van der Waals surface area contributed by atoms with Crippen LogP contribution in [0.15, 0.2) is 69.6 Å². The van der Waals surface area contributed by atoms with Gasteiger partial charge < -0.3 is 14.2 Å². The van der Waals surface area contributed by atoms with E-state index in [-0.39, 0.29) is 15.5 Å². The molecule has 0 aliphatic carbocycles. The molecular formula is C24H21N3O7S3. The molecule has 192 valence electrons. The van der Waals surface area contributed by atoms with E-state index in [0.717, 1.165) is 16.9 Å². The van der Waals surface area contributed by atoms with Gasteiger partial charge in [-0.2, -0.15) is 0 Å². The first-order valence-corrected chi connectivity index (χ1v) is 13.8. The van der Waals surface area contributed by atoms with Crippen molar-refractivity contribution in [3.05, 3.63) is 70.9 Å². The zero-order valence-corrected chi connectivity index (χ0v) is 22.0. The molecule has 37 heavy (non-hydrogen) atoms. The van der Waals surface area contributed by atoms with E-state index < -0.39 is 28.5 Å². The first-order valence-electron chi connectivity index (χ1n) is 10.6. The molecule has 0 radical (unpaired) electrons. The van der Waals surface area contributed by atoms with Crippen LogP contribution in [0.1, 0.15) is 10.4 Å². The van der Waals surface area contributed by atoms with Crippen molar-refractivity contribution in [3.63, 3.8) is 0 Å². The Labute approximate surface area is 220 Å². The maximum atomic E-state index is 12.3. The van der Waals surface area contributed by atoms with Crippen molar-refractivity contribution in [1.82, 2.24) is 4.98 Å². The maximum absolute atomic E-state index is 12.3. The number of hydrogen-bond donors (Lipinski definition) is 2. The number of methoxy groups -OCH3 is 2. The number of rotatable bonds is 10. The van der Waals surface area contributed by atoms with Crippen LogP contribution in [0, 0.1) is 0 Å². The standard InChI is InChI=1S/C24H21N3O7S3/c1-32-19-10-7-16(12-20(19)33-2)18-14-36-24(25-18)26-21(28)13-34-23(29)15-5-8-17(9-6-15)27-37(30,31)22-4-3-11-35-22/h3-12,14,27H,13H2,1-2H3,(H,25,26,28). The number of amides is 1. The molecule has 0 bridgehead atoms. The topological polar surface area (TPSA) is 133 Å². The Kier molecular flexibility index (Phi) is 8.06. The largest absolute Gasteiger partial charge is 0.493 e. The Bertz CT molecular complexity index is 1500. The number of ether oxygens (including phenoxy) is 3. The molecule has 0 atom stereocenters. The van der Waals surface area contributed by atoms with Crippen LogP contribution < -0.4 is 19.5 Å². The van der Waals surface area contributed by atoms with E-state index in [9.17, 15) is 18.0 Å². The number of nitrogens with zero attached hydrogens (tertiary/aromatic N) is 1. The lowest BCUT2D eigenvalue weighted by Crippen LogP contribution is -2.20. The van der Waals surface area contributed by atoms with Gasteiger partial charge in [0.2, 0.25) is 0 Å². The zero-order valence-electron chi connectivity index (χ0n) is 19.6. The van der Waals surface area contributed by atoms with Crippen LogP contribution in [0.2, 0.25) is 0 Å². The number of aromatic nitrogens is 1. The Hall–Kier alpha value is -3.94. The van der Waals surface area contributed by atoms with Crippen molar-refractivity contribution < 1.29 is 32.2 Å². The number of benzene rings is 2. The molecule has 1 amide bonds. The lowest BCUT2D eigenvalue weighted by molar-refractivity contribution is -0.119. The smallest absolute Gasteiger partial charge is 0.338 e. The van der Waals surface area contributed by atoms with Crippen LogP contribution in [-0.4, -0.2) is 46.1 Å². The van der Waals surface area contributed by atoms with E-state index in [0.29, 0.717) is 22.3 Å².